The molecule has 0 radical (unpaired) electrons. The molecule has 1 N–H and O–H groups in total. The SMILES string of the molecule is CCN(CC)c1ncc(C=NNc2ncc(Cl)cc2Cl)s1. The normalized spacial score (nSPS) is 11.0. The summed E-state index contributed by atoms with van der Waals surface area (Å²) in [5.74, 6) is 0.464. The van der Waals surface area contributed by atoms with Gasteiger partial charge in [0.15, 0.2) is 10.9 Å². The van der Waals surface area contributed by atoms with Crippen LogP contribution in [0, 0.1) is 0 Å². The summed E-state index contributed by atoms with van der Waals surface area (Å²) in [5.41, 5.74) is 2.79. The van der Waals surface area contributed by atoms with Crippen LogP contribution in [-0.2, 0) is 0 Å². The summed E-state index contributed by atoms with van der Waals surface area (Å²) in [6, 6.07) is 1.61. The molecule has 0 fully saturated rings. The summed E-state index contributed by atoms with van der Waals surface area (Å²) in [6.45, 7) is 6.08. The zero-order valence-electron chi connectivity index (χ0n) is 11.7. The predicted octanol–water partition coefficient (Wildman–Crippen LogP) is 4.14. The molecular weight excluding hydrogens is 329 g/mol. The van der Waals surface area contributed by atoms with Crippen LogP contribution in [0.3, 0.4) is 0 Å². The van der Waals surface area contributed by atoms with Gasteiger partial charge in [-0.25, -0.2) is 9.97 Å². The van der Waals surface area contributed by atoms with Gasteiger partial charge in [0.25, 0.3) is 0 Å². The molecule has 5 nitrogen and oxygen atoms in total. The van der Waals surface area contributed by atoms with Gasteiger partial charge >= 0.3 is 0 Å². The maximum absolute atomic E-state index is 5.99. The Morgan fingerprint density at radius 1 is 1.29 bits per heavy atom. The molecule has 8 heteroatoms. The van der Waals surface area contributed by atoms with Crippen LogP contribution >= 0.6 is 34.5 Å². The van der Waals surface area contributed by atoms with Crippen molar-refractivity contribution in [3.05, 3.63) is 33.4 Å². The van der Waals surface area contributed by atoms with Crippen molar-refractivity contribution in [1.29, 1.82) is 0 Å². The minimum Gasteiger partial charge on any atom is -0.349 e. The summed E-state index contributed by atoms with van der Waals surface area (Å²) in [4.78, 5) is 11.6. The molecule has 2 aromatic rings. The maximum Gasteiger partial charge on any atom is 0.185 e. The number of nitrogens with zero attached hydrogens (tertiary/aromatic N) is 4. The summed E-state index contributed by atoms with van der Waals surface area (Å²) in [7, 11) is 0. The summed E-state index contributed by atoms with van der Waals surface area (Å²) < 4.78 is 0. The standard InChI is InChI=1S/C13H15Cl2N5S/c1-3-20(4-2)13-17-7-10(21-13)8-18-19-12-11(15)5-9(14)6-16-12/h5-8H,3-4H2,1-2H3,(H,16,19). The monoisotopic (exact) mass is 343 g/mol. The van der Waals surface area contributed by atoms with Crippen LogP contribution in [0.5, 0.6) is 0 Å². The van der Waals surface area contributed by atoms with E-state index < -0.39 is 0 Å². The Bertz CT molecular complexity index is 625. The number of hydrogen-bond donors (Lipinski definition) is 1. The van der Waals surface area contributed by atoms with Crippen molar-refractivity contribution in [1.82, 2.24) is 9.97 Å². The Kier molecular flexibility index (Phi) is 5.78. The average Bonchev–Trinajstić information content (AvgIpc) is 2.91. The second-order valence-corrected chi connectivity index (χ2v) is 5.96. The van der Waals surface area contributed by atoms with Crippen molar-refractivity contribution in [2.24, 2.45) is 5.10 Å². The van der Waals surface area contributed by atoms with Crippen molar-refractivity contribution < 1.29 is 0 Å². The Morgan fingerprint density at radius 2 is 2.05 bits per heavy atom. The van der Waals surface area contributed by atoms with E-state index in [1.54, 1.807) is 29.8 Å². The lowest BCUT2D eigenvalue weighted by atomic mass is 10.5. The fourth-order valence-electron chi connectivity index (χ4n) is 1.63. The van der Waals surface area contributed by atoms with Gasteiger partial charge in [-0.15, -0.1) is 0 Å². The largest absolute Gasteiger partial charge is 0.349 e. The first-order valence-electron chi connectivity index (χ1n) is 6.45. The summed E-state index contributed by atoms with van der Waals surface area (Å²) in [5, 5.41) is 6.01. The number of anilines is 2. The minimum absolute atomic E-state index is 0.424. The topological polar surface area (TPSA) is 53.4 Å². The van der Waals surface area contributed by atoms with Crippen molar-refractivity contribution in [3.8, 4) is 0 Å². The zero-order chi connectivity index (χ0) is 15.2. The van der Waals surface area contributed by atoms with Crippen LogP contribution in [-0.4, -0.2) is 29.3 Å². The van der Waals surface area contributed by atoms with E-state index in [9.17, 15) is 0 Å². The smallest absolute Gasteiger partial charge is 0.185 e. The number of aromatic nitrogens is 2. The fraction of sp³-hybridized carbons (Fsp3) is 0.308. The lowest BCUT2D eigenvalue weighted by Gasteiger charge is -2.16. The molecule has 21 heavy (non-hydrogen) atoms. The molecule has 0 aliphatic rings. The highest BCUT2D eigenvalue weighted by Crippen LogP contribution is 2.23. The summed E-state index contributed by atoms with van der Waals surface area (Å²) >= 11 is 13.4. The number of rotatable bonds is 6. The van der Waals surface area contributed by atoms with Crippen molar-refractivity contribution in [2.45, 2.75) is 13.8 Å². The van der Waals surface area contributed by atoms with Gasteiger partial charge in [-0.3, -0.25) is 5.43 Å². The van der Waals surface area contributed by atoms with E-state index in [0.29, 0.717) is 15.9 Å². The van der Waals surface area contributed by atoms with E-state index in [2.05, 4.69) is 39.2 Å². The van der Waals surface area contributed by atoms with Crippen molar-refractivity contribution in [2.75, 3.05) is 23.4 Å². The maximum atomic E-state index is 5.99. The lowest BCUT2D eigenvalue weighted by Crippen LogP contribution is -2.21. The molecule has 0 atom stereocenters. The second-order valence-electron chi connectivity index (χ2n) is 4.07. The fourth-order valence-corrected chi connectivity index (χ4v) is 2.97. The van der Waals surface area contributed by atoms with Crippen molar-refractivity contribution >= 4 is 51.7 Å². The Balaban J connectivity index is 2.01. The van der Waals surface area contributed by atoms with Crippen LogP contribution in [0.4, 0.5) is 10.9 Å². The third kappa shape index (κ3) is 4.30. The minimum atomic E-state index is 0.424. The van der Waals surface area contributed by atoms with Crippen LogP contribution in [0.2, 0.25) is 10.0 Å². The van der Waals surface area contributed by atoms with Gasteiger partial charge in [-0.2, -0.15) is 5.10 Å². The van der Waals surface area contributed by atoms with Crippen LogP contribution in [0.25, 0.3) is 0 Å². The highest BCUT2D eigenvalue weighted by Gasteiger charge is 2.06. The molecule has 0 aromatic carbocycles. The van der Waals surface area contributed by atoms with Crippen LogP contribution in [0.15, 0.2) is 23.6 Å². The highest BCUT2D eigenvalue weighted by atomic mass is 35.5. The Hall–Kier alpha value is -1.37. The molecule has 0 bridgehead atoms. The van der Waals surface area contributed by atoms with E-state index in [0.717, 1.165) is 23.1 Å². The van der Waals surface area contributed by atoms with E-state index in [4.69, 9.17) is 23.2 Å². The molecule has 0 saturated heterocycles. The molecule has 0 amide bonds. The zero-order valence-corrected chi connectivity index (χ0v) is 14.0. The first kappa shape index (κ1) is 16.0. The number of hydrazone groups is 1. The van der Waals surface area contributed by atoms with Gasteiger partial charge in [0.2, 0.25) is 0 Å². The second kappa shape index (κ2) is 7.59. The van der Waals surface area contributed by atoms with E-state index in [1.165, 1.54) is 6.20 Å². The summed E-state index contributed by atoms with van der Waals surface area (Å²) in [6.07, 6.45) is 4.99. The first-order chi connectivity index (χ1) is 10.1. The predicted molar refractivity (Wildman–Crippen MR) is 91.1 cm³/mol. The molecular formula is C13H15Cl2N5S. The van der Waals surface area contributed by atoms with Gasteiger partial charge in [-0.05, 0) is 19.9 Å². The van der Waals surface area contributed by atoms with Gasteiger partial charge < -0.3 is 4.90 Å². The van der Waals surface area contributed by atoms with Gasteiger partial charge in [-0.1, -0.05) is 34.5 Å². The third-order valence-corrected chi connectivity index (χ3v) is 4.20. The molecule has 0 unspecified atom stereocenters. The average molecular weight is 344 g/mol. The van der Waals surface area contributed by atoms with E-state index in [1.807, 2.05) is 0 Å². The molecule has 0 aliphatic heterocycles. The van der Waals surface area contributed by atoms with E-state index >= 15 is 0 Å². The molecule has 2 rings (SSSR count). The number of halogens is 2. The molecule has 0 spiro atoms. The third-order valence-electron chi connectivity index (χ3n) is 2.72. The molecule has 2 heterocycles. The van der Waals surface area contributed by atoms with Gasteiger partial charge in [0.05, 0.1) is 21.1 Å². The number of pyridine rings is 1. The number of hydrogen-bond acceptors (Lipinski definition) is 6. The van der Waals surface area contributed by atoms with Crippen molar-refractivity contribution in [3.63, 3.8) is 0 Å². The first-order valence-corrected chi connectivity index (χ1v) is 8.02. The number of nitrogens with one attached hydrogen (secondary N) is 1. The highest BCUT2D eigenvalue weighted by molar-refractivity contribution is 7.17. The Morgan fingerprint density at radius 3 is 2.71 bits per heavy atom. The lowest BCUT2D eigenvalue weighted by molar-refractivity contribution is 0.860. The molecule has 0 aliphatic carbocycles. The quantitative estimate of drug-likeness (QED) is 0.632. The number of thiazole rings is 1. The Labute approximate surface area is 137 Å². The van der Waals surface area contributed by atoms with Crippen LogP contribution in [0.1, 0.15) is 18.7 Å². The van der Waals surface area contributed by atoms with Gasteiger partial charge in [0.1, 0.15) is 0 Å². The molecule has 0 saturated carbocycles. The van der Waals surface area contributed by atoms with Crippen LogP contribution < -0.4 is 10.3 Å². The molecule has 112 valence electrons. The van der Waals surface area contributed by atoms with E-state index in [-0.39, 0.29) is 0 Å². The molecule has 2 aromatic heterocycles. The van der Waals surface area contributed by atoms with Gasteiger partial charge in [0, 0.05) is 25.5 Å².